The lowest BCUT2D eigenvalue weighted by Crippen LogP contribution is -2.62. The van der Waals surface area contributed by atoms with Gasteiger partial charge in [-0.2, -0.15) is 31.4 Å². The Bertz CT molecular complexity index is 528. The molecule has 0 fully saturated rings. The van der Waals surface area contributed by atoms with Crippen molar-refractivity contribution < 1.29 is 31.4 Å². The highest BCUT2D eigenvalue weighted by Gasteiger charge is 2.73. The average molecular weight is 370 g/mol. The molecule has 0 aromatic heterocycles. The van der Waals surface area contributed by atoms with Crippen LogP contribution in [0.4, 0.5) is 32.0 Å². The van der Waals surface area contributed by atoms with E-state index in [1.165, 1.54) is 0 Å². The van der Waals surface area contributed by atoms with E-state index in [4.69, 9.17) is 0 Å². The fraction of sp³-hybridized carbons (Fsp3) is 0.562. The molecule has 0 bridgehead atoms. The highest BCUT2D eigenvalue weighted by atomic mass is 19.4. The molecule has 0 saturated carbocycles. The molecule has 0 aliphatic rings. The highest BCUT2D eigenvalue weighted by Crippen LogP contribution is 2.48. The first-order valence-corrected chi connectivity index (χ1v) is 7.74. The number of benzene rings is 1. The smallest absolute Gasteiger partial charge is 0.373 e. The van der Waals surface area contributed by atoms with Crippen LogP contribution in [-0.4, -0.2) is 29.3 Å². The topological polar surface area (TPSA) is 44.6 Å². The quantitative estimate of drug-likeness (QED) is 0.288. The summed E-state index contributed by atoms with van der Waals surface area (Å²) in [6.45, 7) is 1.76. The number of unbranched alkanes of at least 4 members (excludes halogenated alkanes) is 2. The molecule has 1 unspecified atom stereocenters. The van der Waals surface area contributed by atoms with Crippen molar-refractivity contribution in [2.24, 2.45) is 11.0 Å². The van der Waals surface area contributed by atoms with Gasteiger partial charge in [0.25, 0.3) is 5.60 Å². The van der Waals surface area contributed by atoms with E-state index < -0.39 is 30.3 Å². The van der Waals surface area contributed by atoms with Gasteiger partial charge in [-0.1, -0.05) is 44.4 Å². The molecule has 1 aromatic rings. The second kappa shape index (κ2) is 8.55. The van der Waals surface area contributed by atoms with Crippen molar-refractivity contribution in [3.8, 4) is 0 Å². The summed E-state index contributed by atoms with van der Waals surface area (Å²) in [6, 6.07) is 8.03. The number of anilines is 1. The van der Waals surface area contributed by atoms with Crippen molar-refractivity contribution in [3.63, 3.8) is 0 Å². The number of para-hydroxylation sites is 1. The third kappa shape index (κ3) is 5.35. The van der Waals surface area contributed by atoms with Crippen molar-refractivity contribution in [2.45, 2.75) is 50.6 Å². The molecule has 0 radical (unpaired) electrons. The van der Waals surface area contributed by atoms with Gasteiger partial charge >= 0.3 is 12.4 Å². The van der Waals surface area contributed by atoms with Gasteiger partial charge in [0.1, 0.15) is 0 Å². The Morgan fingerprint density at radius 2 is 1.60 bits per heavy atom. The summed E-state index contributed by atoms with van der Waals surface area (Å²) in [7, 11) is 0. The van der Waals surface area contributed by atoms with Crippen LogP contribution in [0, 0.1) is 5.92 Å². The molecule has 2 N–H and O–H groups in total. The summed E-state index contributed by atoms with van der Waals surface area (Å²) >= 11 is 0. The molecule has 9 heteroatoms. The van der Waals surface area contributed by atoms with E-state index in [1.807, 2.05) is 0 Å². The Balaban J connectivity index is 3.08. The number of alkyl halides is 6. The van der Waals surface area contributed by atoms with E-state index in [0.717, 1.165) is 0 Å². The van der Waals surface area contributed by atoms with Gasteiger partial charge in [0, 0.05) is 12.1 Å². The number of nitrogens with zero attached hydrogens (tertiary/aromatic N) is 1. The zero-order chi connectivity index (χ0) is 19.1. The monoisotopic (exact) mass is 370 g/mol. The van der Waals surface area contributed by atoms with E-state index >= 15 is 0 Å². The largest absolute Gasteiger partial charge is 0.426 e. The lowest BCUT2D eigenvalue weighted by Gasteiger charge is -2.37. The molecular weight excluding hydrogens is 350 g/mol. The Morgan fingerprint density at radius 1 is 1.04 bits per heavy atom. The lowest BCUT2D eigenvalue weighted by molar-refractivity contribution is -0.378. The maximum atomic E-state index is 13.1. The van der Waals surface area contributed by atoms with Gasteiger partial charge in [-0.25, -0.2) is 0 Å². The van der Waals surface area contributed by atoms with Gasteiger partial charge in [-0.15, -0.1) is 0 Å². The summed E-state index contributed by atoms with van der Waals surface area (Å²) in [5.41, 5.74) is -2.09. The number of halogens is 6. The fourth-order valence-electron chi connectivity index (χ4n) is 2.30. The number of aliphatic hydroxyl groups is 1. The van der Waals surface area contributed by atoms with Gasteiger partial charge in [-0.3, -0.25) is 5.43 Å². The number of hydrogen-bond donors (Lipinski definition) is 2. The molecule has 25 heavy (non-hydrogen) atoms. The minimum absolute atomic E-state index is 0.104. The van der Waals surface area contributed by atoms with Crippen LogP contribution in [0.15, 0.2) is 35.4 Å². The summed E-state index contributed by atoms with van der Waals surface area (Å²) in [5, 5.41) is 13.1. The molecule has 1 atom stereocenters. The van der Waals surface area contributed by atoms with Crippen molar-refractivity contribution in [1.82, 2.24) is 0 Å². The van der Waals surface area contributed by atoms with Gasteiger partial charge in [0.15, 0.2) is 0 Å². The van der Waals surface area contributed by atoms with Crippen LogP contribution in [0.1, 0.15) is 32.6 Å². The molecule has 3 nitrogen and oxygen atoms in total. The molecule has 0 spiro atoms. The second-order valence-corrected chi connectivity index (χ2v) is 5.62. The Morgan fingerprint density at radius 3 is 2.08 bits per heavy atom. The number of rotatable bonds is 8. The minimum atomic E-state index is -5.87. The molecule has 0 saturated heterocycles. The molecule has 142 valence electrons. The van der Waals surface area contributed by atoms with Gasteiger partial charge in [-0.05, 0) is 18.6 Å². The van der Waals surface area contributed by atoms with Crippen LogP contribution in [0.25, 0.3) is 0 Å². The molecule has 0 aliphatic carbocycles. The fourth-order valence-corrected chi connectivity index (χ4v) is 2.30. The standard InChI is InChI=1S/C16H20F6N2O/c1-2-3-5-8-12(11-23-24-13-9-6-4-7-10-13)14(25,15(17,18)19)16(20,21)22/h4,6-7,9-12,24-25H,2-3,5,8H2,1H3/b23-11+. The molecule has 1 rings (SSSR count). The average Bonchev–Trinajstić information content (AvgIpc) is 2.51. The predicted molar refractivity (Wildman–Crippen MR) is 83.2 cm³/mol. The molecule has 1 aromatic carbocycles. The van der Waals surface area contributed by atoms with Crippen molar-refractivity contribution in [2.75, 3.05) is 5.43 Å². The first-order chi connectivity index (χ1) is 11.5. The SMILES string of the molecule is CCCCCC(/C=N/Nc1ccccc1)C(O)(C(F)(F)F)C(F)(F)F. The molecule has 0 heterocycles. The maximum Gasteiger partial charge on any atom is 0.426 e. The van der Waals surface area contributed by atoms with Crippen molar-refractivity contribution in [1.29, 1.82) is 0 Å². The number of nitrogens with one attached hydrogen (secondary N) is 1. The zero-order valence-electron chi connectivity index (χ0n) is 13.5. The third-order valence-electron chi connectivity index (χ3n) is 3.74. The minimum Gasteiger partial charge on any atom is -0.373 e. The van der Waals surface area contributed by atoms with E-state index in [2.05, 4.69) is 10.5 Å². The third-order valence-corrected chi connectivity index (χ3v) is 3.74. The number of hydrogen-bond acceptors (Lipinski definition) is 3. The molecular formula is C16H20F6N2O. The van der Waals surface area contributed by atoms with Crippen LogP contribution in [0.5, 0.6) is 0 Å². The summed E-state index contributed by atoms with van der Waals surface area (Å²) in [6.07, 6.45) is -10.6. The summed E-state index contributed by atoms with van der Waals surface area (Å²) < 4.78 is 78.3. The van der Waals surface area contributed by atoms with Crippen LogP contribution in [0.2, 0.25) is 0 Å². The predicted octanol–water partition coefficient (Wildman–Crippen LogP) is 5.14. The Kier molecular flexibility index (Phi) is 7.28. The van der Waals surface area contributed by atoms with Crippen LogP contribution in [-0.2, 0) is 0 Å². The van der Waals surface area contributed by atoms with Crippen LogP contribution >= 0.6 is 0 Å². The molecule has 0 amide bonds. The number of hydrazone groups is 1. The summed E-state index contributed by atoms with van der Waals surface area (Å²) in [5.74, 6) is -2.25. The van der Waals surface area contributed by atoms with E-state index in [0.29, 0.717) is 24.7 Å². The van der Waals surface area contributed by atoms with Gasteiger partial charge in [0.05, 0.1) is 5.69 Å². The normalized spacial score (nSPS) is 14.7. The molecule has 0 aliphatic heterocycles. The van der Waals surface area contributed by atoms with E-state index in [9.17, 15) is 31.4 Å². The zero-order valence-corrected chi connectivity index (χ0v) is 13.5. The summed E-state index contributed by atoms with van der Waals surface area (Å²) in [4.78, 5) is 0. The van der Waals surface area contributed by atoms with Crippen molar-refractivity contribution in [3.05, 3.63) is 30.3 Å². The highest BCUT2D eigenvalue weighted by molar-refractivity contribution is 5.64. The van der Waals surface area contributed by atoms with Crippen LogP contribution in [0.3, 0.4) is 0 Å². The first kappa shape index (κ1) is 21.3. The van der Waals surface area contributed by atoms with Crippen molar-refractivity contribution >= 4 is 11.9 Å². The Hall–Kier alpha value is -1.77. The van der Waals surface area contributed by atoms with Crippen LogP contribution < -0.4 is 5.43 Å². The second-order valence-electron chi connectivity index (χ2n) is 5.62. The van der Waals surface area contributed by atoms with Gasteiger partial charge < -0.3 is 5.11 Å². The van der Waals surface area contributed by atoms with E-state index in [-0.39, 0.29) is 6.42 Å². The lowest BCUT2D eigenvalue weighted by atomic mass is 9.83. The first-order valence-electron chi connectivity index (χ1n) is 7.74. The van der Waals surface area contributed by atoms with E-state index in [1.54, 1.807) is 37.3 Å². The Labute approximate surface area is 141 Å². The maximum absolute atomic E-state index is 13.1. The van der Waals surface area contributed by atoms with Gasteiger partial charge in [0.2, 0.25) is 0 Å².